The van der Waals surface area contributed by atoms with E-state index in [0.717, 1.165) is 6.07 Å². The van der Waals surface area contributed by atoms with E-state index >= 15 is 0 Å². The van der Waals surface area contributed by atoms with Gasteiger partial charge in [-0.3, -0.25) is 0 Å². The van der Waals surface area contributed by atoms with Gasteiger partial charge in [0.1, 0.15) is 5.82 Å². The zero-order valence-corrected chi connectivity index (χ0v) is 8.60. The Labute approximate surface area is 86.5 Å². The van der Waals surface area contributed by atoms with E-state index in [2.05, 4.69) is 5.32 Å². The first-order chi connectivity index (χ1) is 6.50. The Morgan fingerprint density at radius 1 is 1.50 bits per heavy atom. The zero-order chi connectivity index (χ0) is 10.7. The Morgan fingerprint density at radius 2 is 2.14 bits per heavy atom. The van der Waals surface area contributed by atoms with Crippen molar-refractivity contribution in [2.75, 3.05) is 19.4 Å². The van der Waals surface area contributed by atoms with Gasteiger partial charge in [0.15, 0.2) is 0 Å². The van der Waals surface area contributed by atoms with E-state index in [-0.39, 0.29) is 11.7 Å². The largest absolute Gasteiger partial charge is 0.331 e. The third kappa shape index (κ3) is 2.60. The molecule has 0 aliphatic carbocycles. The van der Waals surface area contributed by atoms with Crippen molar-refractivity contribution in [2.24, 2.45) is 0 Å². The number of hydrogen-bond donors (Lipinski definition) is 1. The first-order valence-electron chi connectivity index (χ1n) is 3.94. The Morgan fingerprint density at radius 3 is 2.64 bits per heavy atom. The average molecular weight is 217 g/mol. The van der Waals surface area contributed by atoms with Gasteiger partial charge in [-0.05, 0) is 18.2 Å². The summed E-state index contributed by atoms with van der Waals surface area (Å²) in [6.45, 7) is 0. The van der Waals surface area contributed by atoms with Crippen LogP contribution in [0.3, 0.4) is 0 Å². The molecule has 0 aromatic heterocycles. The van der Waals surface area contributed by atoms with Crippen LogP contribution in [0, 0.1) is 5.82 Å². The molecule has 0 unspecified atom stereocenters. The normalized spacial score (nSPS) is 9.71. The van der Waals surface area contributed by atoms with Crippen molar-refractivity contribution in [3.8, 4) is 0 Å². The van der Waals surface area contributed by atoms with Crippen molar-refractivity contribution in [3.63, 3.8) is 0 Å². The summed E-state index contributed by atoms with van der Waals surface area (Å²) < 4.78 is 13.2. The Kier molecular flexibility index (Phi) is 3.30. The van der Waals surface area contributed by atoms with Gasteiger partial charge in [-0.1, -0.05) is 11.6 Å². The van der Waals surface area contributed by atoms with Gasteiger partial charge in [0, 0.05) is 19.1 Å². The summed E-state index contributed by atoms with van der Waals surface area (Å²) in [5.41, 5.74) is 0.119. The summed E-state index contributed by atoms with van der Waals surface area (Å²) in [5.74, 6) is -0.548. The Hall–Kier alpha value is -1.29. The van der Waals surface area contributed by atoms with E-state index in [1.807, 2.05) is 0 Å². The number of rotatable bonds is 1. The van der Waals surface area contributed by atoms with E-state index < -0.39 is 5.82 Å². The number of carbonyl (C=O) groups is 1. The first-order valence-corrected chi connectivity index (χ1v) is 4.32. The summed E-state index contributed by atoms with van der Waals surface area (Å²) in [5, 5.41) is 2.69. The lowest BCUT2D eigenvalue weighted by Crippen LogP contribution is -2.27. The molecule has 2 amide bonds. The number of anilines is 1. The maximum atomic E-state index is 13.2. The average Bonchev–Trinajstić information content (AvgIpc) is 2.09. The van der Waals surface area contributed by atoms with Crippen LogP contribution in [0.5, 0.6) is 0 Å². The van der Waals surface area contributed by atoms with Crippen LogP contribution in [-0.2, 0) is 0 Å². The topological polar surface area (TPSA) is 32.3 Å². The molecule has 1 aromatic rings. The van der Waals surface area contributed by atoms with Crippen LogP contribution in [0.25, 0.3) is 0 Å². The molecule has 0 heterocycles. The zero-order valence-electron chi connectivity index (χ0n) is 7.84. The Balaban J connectivity index is 2.82. The van der Waals surface area contributed by atoms with E-state index in [4.69, 9.17) is 11.6 Å². The number of nitrogens with one attached hydrogen (secondary N) is 1. The second-order valence-electron chi connectivity index (χ2n) is 2.95. The highest BCUT2D eigenvalue weighted by Gasteiger charge is 2.07. The molecule has 5 heteroatoms. The molecule has 0 bridgehead atoms. The second-order valence-corrected chi connectivity index (χ2v) is 3.39. The van der Waals surface area contributed by atoms with E-state index in [1.165, 1.54) is 17.0 Å². The van der Waals surface area contributed by atoms with Crippen molar-refractivity contribution in [1.29, 1.82) is 0 Å². The van der Waals surface area contributed by atoms with Crippen LogP contribution < -0.4 is 5.32 Å². The van der Waals surface area contributed by atoms with Crippen molar-refractivity contribution in [2.45, 2.75) is 0 Å². The van der Waals surface area contributed by atoms with Crippen molar-refractivity contribution >= 4 is 23.3 Å². The smallest absolute Gasteiger partial charge is 0.321 e. The van der Waals surface area contributed by atoms with Gasteiger partial charge in [0.2, 0.25) is 0 Å². The molecular formula is C9H10ClFN2O. The molecule has 1 rings (SSSR count). The molecule has 3 nitrogen and oxygen atoms in total. The van der Waals surface area contributed by atoms with Crippen LogP contribution >= 0.6 is 11.6 Å². The monoisotopic (exact) mass is 216 g/mol. The SMILES string of the molecule is CN(C)C(=O)Nc1ccc(Cl)cc1F. The number of urea groups is 1. The predicted octanol–water partition coefficient (Wildman–Crippen LogP) is 2.57. The molecule has 0 aliphatic rings. The molecule has 0 saturated heterocycles. The molecular weight excluding hydrogens is 207 g/mol. The minimum Gasteiger partial charge on any atom is -0.331 e. The third-order valence-electron chi connectivity index (χ3n) is 1.58. The number of carbonyl (C=O) groups excluding carboxylic acids is 1. The summed E-state index contributed by atoms with van der Waals surface area (Å²) in [6.07, 6.45) is 0. The van der Waals surface area contributed by atoms with Crippen molar-refractivity contribution in [3.05, 3.63) is 29.0 Å². The number of nitrogens with zero attached hydrogens (tertiary/aromatic N) is 1. The molecule has 0 radical (unpaired) electrons. The summed E-state index contributed by atoms with van der Waals surface area (Å²) in [7, 11) is 3.15. The molecule has 76 valence electrons. The van der Waals surface area contributed by atoms with Gasteiger partial charge in [-0.2, -0.15) is 0 Å². The number of amides is 2. The fraction of sp³-hybridized carbons (Fsp3) is 0.222. The number of hydrogen-bond acceptors (Lipinski definition) is 1. The molecule has 14 heavy (non-hydrogen) atoms. The molecule has 0 spiro atoms. The second kappa shape index (κ2) is 4.28. The lowest BCUT2D eigenvalue weighted by molar-refractivity contribution is 0.230. The van der Waals surface area contributed by atoms with Gasteiger partial charge < -0.3 is 10.2 Å². The third-order valence-corrected chi connectivity index (χ3v) is 1.81. The number of halogens is 2. The quantitative estimate of drug-likeness (QED) is 0.769. The van der Waals surface area contributed by atoms with Crippen LogP contribution in [0.4, 0.5) is 14.9 Å². The minimum atomic E-state index is -0.548. The van der Waals surface area contributed by atoms with Gasteiger partial charge in [0.25, 0.3) is 0 Å². The lowest BCUT2D eigenvalue weighted by atomic mass is 10.3. The highest BCUT2D eigenvalue weighted by molar-refractivity contribution is 6.30. The summed E-state index contributed by atoms with van der Waals surface area (Å²) >= 11 is 5.55. The van der Waals surface area contributed by atoms with E-state index in [9.17, 15) is 9.18 Å². The maximum Gasteiger partial charge on any atom is 0.321 e. The maximum absolute atomic E-state index is 13.2. The van der Waals surface area contributed by atoms with E-state index in [0.29, 0.717) is 5.02 Å². The van der Waals surface area contributed by atoms with Crippen LogP contribution in [0.1, 0.15) is 0 Å². The molecule has 0 saturated carbocycles. The molecule has 0 fully saturated rings. The van der Waals surface area contributed by atoms with Crippen LogP contribution in [0.2, 0.25) is 5.02 Å². The van der Waals surface area contributed by atoms with Crippen molar-refractivity contribution in [1.82, 2.24) is 4.90 Å². The van der Waals surface area contributed by atoms with Gasteiger partial charge in [-0.25, -0.2) is 9.18 Å². The molecule has 0 atom stereocenters. The van der Waals surface area contributed by atoms with E-state index in [1.54, 1.807) is 14.1 Å². The molecule has 1 N–H and O–H groups in total. The summed E-state index contributed by atoms with van der Waals surface area (Å²) in [4.78, 5) is 12.5. The fourth-order valence-corrected chi connectivity index (χ4v) is 0.977. The highest BCUT2D eigenvalue weighted by atomic mass is 35.5. The van der Waals surface area contributed by atoms with Crippen LogP contribution in [-0.4, -0.2) is 25.0 Å². The number of benzene rings is 1. The molecule has 1 aromatic carbocycles. The van der Waals surface area contributed by atoms with Crippen LogP contribution in [0.15, 0.2) is 18.2 Å². The fourth-order valence-electron chi connectivity index (χ4n) is 0.818. The van der Waals surface area contributed by atoms with Gasteiger partial charge >= 0.3 is 6.03 Å². The van der Waals surface area contributed by atoms with Crippen molar-refractivity contribution < 1.29 is 9.18 Å². The summed E-state index contributed by atoms with van der Waals surface area (Å²) in [6, 6.07) is 3.69. The standard InChI is InChI=1S/C9H10ClFN2O/c1-13(2)9(14)12-8-4-3-6(10)5-7(8)11/h3-5H,1-2H3,(H,12,14). The lowest BCUT2D eigenvalue weighted by Gasteiger charge is -2.12. The molecule has 0 aliphatic heterocycles. The first kappa shape index (κ1) is 10.8. The predicted molar refractivity (Wildman–Crippen MR) is 54.1 cm³/mol. The van der Waals surface area contributed by atoms with Gasteiger partial charge in [0.05, 0.1) is 5.69 Å². The van der Waals surface area contributed by atoms with Gasteiger partial charge in [-0.15, -0.1) is 0 Å². The highest BCUT2D eigenvalue weighted by Crippen LogP contribution is 2.18. The minimum absolute atomic E-state index is 0.119. The Bertz CT molecular complexity index is 355.